The van der Waals surface area contributed by atoms with Gasteiger partial charge in [0.05, 0.1) is 5.56 Å². The summed E-state index contributed by atoms with van der Waals surface area (Å²) in [4.78, 5) is 35.6. The summed E-state index contributed by atoms with van der Waals surface area (Å²) in [6.45, 7) is 1.05. The van der Waals surface area contributed by atoms with E-state index in [1.54, 1.807) is 23.1 Å². The fraction of sp³-hybridized carbons (Fsp3) is 0.312. The van der Waals surface area contributed by atoms with E-state index in [0.717, 1.165) is 5.56 Å². The lowest BCUT2D eigenvalue weighted by molar-refractivity contribution is -0.130. The smallest absolute Gasteiger partial charge is 0.335 e. The molecule has 0 unspecified atom stereocenters. The molecule has 1 saturated heterocycles. The van der Waals surface area contributed by atoms with Gasteiger partial charge < -0.3 is 15.7 Å². The number of piperidine rings is 1. The summed E-state index contributed by atoms with van der Waals surface area (Å²) in [6.07, 6.45) is 4.30. The van der Waals surface area contributed by atoms with Crippen LogP contribution in [-0.4, -0.2) is 40.9 Å². The third kappa shape index (κ3) is 3.94. The number of nitrogens with zero attached hydrogens (tertiary/aromatic N) is 1. The molecule has 1 aromatic rings. The second-order valence-electron chi connectivity index (χ2n) is 5.26. The number of carbonyl (C=O) groups is 3. The number of hydrogen-bond acceptors (Lipinski definition) is 3. The number of nitrogens with two attached hydrogens (primary N) is 1. The topological polar surface area (TPSA) is 101 Å². The van der Waals surface area contributed by atoms with Gasteiger partial charge in [-0.05, 0) is 36.6 Å². The van der Waals surface area contributed by atoms with Gasteiger partial charge in [-0.1, -0.05) is 12.1 Å². The van der Waals surface area contributed by atoms with Crippen molar-refractivity contribution in [3.05, 3.63) is 41.5 Å². The van der Waals surface area contributed by atoms with Crippen molar-refractivity contribution >= 4 is 23.9 Å². The monoisotopic (exact) mass is 302 g/mol. The van der Waals surface area contributed by atoms with E-state index in [1.165, 1.54) is 18.2 Å². The third-order valence-corrected chi connectivity index (χ3v) is 3.78. The number of carboxylic acids is 1. The van der Waals surface area contributed by atoms with Crippen LogP contribution in [0.25, 0.3) is 6.08 Å². The number of primary amides is 1. The number of amides is 2. The van der Waals surface area contributed by atoms with Crippen molar-refractivity contribution in [3.63, 3.8) is 0 Å². The van der Waals surface area contributed by atoms with Crippen molar-refractivity contribution in [1.82, 2.24) is 4.90 Å². The first kappa shape index (κ1) is 15.8. The highest BCUT2D eigenvalue weighted by Gasteiger charge is 2.24. The molecule has 6 nitrogen and oxygen atoms in total. The molecule has 0 atom stereocenters. The van der Waals surface area contributed by atoms with Crippen molar-refractivity contribution in [2.45, 2.75) is 12.8 Å². The number of rotatable bonds is 4. The fourth-order valence-corrected chi connectivity index (χ4v) is 2.39. The zero-order chi connectivity index (χ0) is 16.1. The van der Waals surface area contributed by atoms with Gasteiger partial charge in [0.25, 0.3) is 0 Å². The maximum atomic E-state index is 12.1. The van der Waals surface area contributed by atoms with E-state index in [1.807, 2.05) is 0 Å². The Morgan fingerprint density at radius 1 is 1.14 bits per heavy atom. The normalized spacial score (nSPS) is 15.9. The minimum Gasteiger partial charge on any atom is -0.478 e. The van der Waals surface area contributed by atoms with E-state index in [2.05, 4.69) is 0 Å². The fourth-order valence-electron chi connectivity index (χ4n) is 2.39. The van der Waals surface area contributed by atoms with Crippen LogP contribution in [0.4, 0.5) is 0 Å². The van der Waals surface area contributed by atoms with Gasteiger partial charge in [-0.15, -0.1) is 0 Å². The number of carboxylic acid groups (broad SMARTS) is 1. The van der Waals surface area contributed by atoms with Crippen LogP contribution in [0.1, 0.15) is 28.8 Å². The number of benzene rings is 1. The molecular weight excluding hydrogens is 284 g/mol. The second-order valence-corrected chi connectivity index (χ2v) is 5.26. The third-order valence-electron chi connectivity index (χ3n) is 3.78. The molecule has 2 amide bonds. The van der Waals surface area contributed by atoms with Crippen molar-refractivity contribution in [1.29, 1.82) is 0 Å². The summed E-state index contributed by atoms with van der Waals surface area (Å²) < 4.78 is 0. The van der Waals surface area contributed by atoms with Crippen molar-refractivity contribution in [2.24, 2.45) is 11.7 Å². The summed E-state index contributed by atoms with van der Waals surface area (Å²) in [5, 5.41) is 8.81. The molecule has 1 aliphatic rings. The van der Waals surface area contributed by atoms with Crippen molar-refractivity contribution < 1.29 is 19.5 Å². The largest absolute Gasteiger partial charge is 0.478 e. The summed E-state index contributed by atoms with van der Waals surface area (Å²) >= 11 is 0. The van der Waals surface area contributed by atoms with Crippen molar-refractivity contribution in [2.75, 3.05) is 13.1 Å². The molecule has 2 rings (SSSR count). The Morgan fingerprint density at radius 2 is 1.73 bits per heavy atom. The maximum Gasteiger partial charge on any atom is 0.335 e. The van der Waals surface area contributed by atoms with E-state index in [9.17, 15) is 14.4 Å². The summed E-state index contributed by atoms with van der Waals surface area (Å²) in [5.74, 6) is -1.55. The van der Waals surface area contributed by atoms with Crippen LogP contribution in [0, 0.1) is 5.92 Å². The molecule has 1 heterocycles. The second kappa shape index (κ2) is 6.89. The first-order chi connectivity index (χ1) is 10.5. The average molecular weight is 302 g/mol. The van der Waals surface area contributed by atoms with Gasteiger partial charge in [0.1, 0.15) is 0 Å². The lowest BCUT2D eigenvalue weighted by Gasteiger charge is -2.29. The molecule has 0 radical (unpaired) electrons. The van der Waals surface area contributed by atoms with Gasteiger partial charge >= 0.3 is 5.97 Å². The zero-order valence-electron chi connectivity index (χ0n) is 12.1. The molecule has 0 aromatic heterocycles. The highest BCUT2D eigenvalue weighted by molar-refractivity contribution is 5.92. The standard InChI is InChI=1S/C16H18N2O4/c17-15(20)12-7-9-18(10-8-12)14(19)6-3-11-1-4-13(5-2-11)16(21)22/h1-6,12H,7-10H2,(H2,17,20)(H,21,22)/b6-3+. The van der Waals surface area contributed by atoms with E-state index in [-0.39, 0.29) is 23.3 Å². The molecule has 6 heteroatoms. The highest BCUT2D eigenvalue weighted by atomic mass is 16.4. The van der Waals surface area contributed by atoms with E-state index >= 15 is 0 Å². The lowest BCUT2D eigenvalue weighted by atomic mass is 9.96. The van der Waals surface area contributed by atoms with Crippen LogP contribution in [0.3, 0.4) is 0 Å². The molecule has 1 aliphatic heterocycles. The SMILES string of the molecule is NC(=O)C1CCN(C(=O)/C=C/c2ccc(C(=O)O)cc2)CC1. The Labute approximate surface area is 128 Å². The Kier molecular flexibility index (Phi) is 4.93. The number of carbonyl (C=O) groups excluding carboxylic acids is 2. The highest BCUT2D eigenvalue weighted by Crippen LogP contribution is 2.17. The number of aromatic carboxylic acids is 1. The minimum atomic E-state index is -0.982. The van der Waals surface area contributed by atoms with Crippen LogP contribution in [-0.2, 0) is 9.59 Å². The molecule has 1 fully saturated rings. The Balaban J connectivity index is 1.91. The lowest BCUT2D eigenvalue weighted by Crippen LogP contribution is -2.41. The molecule has 0 spiro atoms. The molecule has 0 saturated carbocycles. The zero-order valence-corrected chi connectivity index (χ0v) is 12.1. The molecule has 0 bridgehead atoms. The summed E-state index contributed by atoms with van der Waals surface area (Å²) in [7, 11) is 0. The molecule has 0 aliphatic carbocycles. The molecule has 1 aromatic carbocycles. The average Bonchev–Trinajstić information content (AvgIpc) is 2.53. The Hall–Kier alpha value is -2.63. The van der Waals surface area contributed by atoms with Gasteiger partial charge in [0.15, 0.2) is 0 Å². The predicted molar refractivity (Wildman–Crippen MR) is 80.9 cm³/mol. The Bertz CT molecular complexity index is 599. The van der Waals surface area contributed by atoms with E-state index < -0.39 is 5.97 Å². The molecule has 3 N–H and O–H groups in total. The van der Waals surface area contributed by atoms with E-state index in [0.29, 0.717) is 25.9 Å². The van der Waals surface area contributed by atoms with E-state index in [4.69, 9.17) is 10.8 Å². The van der Waals surface area contributed by atoms with Crippen LogP contribution in [0.2, 0.25) is 0 Å². The van der Waals surface area contributed by atoms with Gasteiger partial charge in [-0.25, -0.2) is 4.79 Å². The van der Waals surface area contributed by atoms with Gasteiger partial charge in [0.2, 0.25) is 11.8 Å². The summed E-state index contributed by atoms with van der Waals surface area (Å²) in [6, 6.07) is 6.27. The molecule has 22 heavy (non-hydrogen) atoms. The van der Waals surface area contributed by atoms with Crippen LogP contribution in [0.5, 0.6) is 0 Å². The quantitative estimate of drug-likeness (QED) is 0.814. The molecule has 116 valence electrons. The Morgan fingerprint density at radius 3 is 2.23 bits per heavy atom. The maximum absolute atomic E-state index is 12.1. The predicted octanol–water partition coefficient (Wildman–Crippen LogP) is 1.12. The van der Waals surface area contributed by atoms with Crippen LogP contribution in [0.15, 0.2) is 30.3 Å². The minimum absolute atomic E-state index is 0.120. The first-order valence-corrected chi connectivity index (χ1v) is 7.07. The van der Waals surface area contributed by atoms with Crippen LogP contribution >= 0.6 is 0 Å². The number of likely N-dealkylation sites (tertiary alicyclic amines) is 1. The van der Waals surface area contributed by atoms with Gasteiger partial charge in [0, 0.05) is 25.1 Å². The number of hydrogen-bond donors (Lipinski definition) is 2. The summed E-state index contributed by atoms with van der Waals surface area (Å²) in [5.41, 5.74) is 6.22. The van der Waals surface area contributed by atoms with Crippen molar-refractivity contribution in [3.8, 4) is 0 Å². The first-order valence-electron chi connectivity index (χ1n) is 7.07. The van der Waals surface area contributed by atoms with Gasteiger partial charge in [-0.3, -0.25) is 9.59 Å². The molecular formula is C16H18N2O4. The van der Waals surface area contributed by atoms with Gasteiger partial charge in [-0.2, -0.15) is 0 Å². The van der Waals surface area contributed by atoms with Crippen LogP contribution < -0.4 is 5.73 Å².